The molecular formula is C18H21F2N. The van der Waals surface area contributed by atoms with Gasteiger partial charge in [-0.15, -0.1) is 0 Å². The van der Waals surface area contributed by atoms with E-state index < -0.39 is 5.82 Å². The van der Waals surface area contributed by atoms with Gasteiger partial charge in [0, 0.05) is 5.56 Å². The summed E-state index contributed by atoms with van der Waals surface area (Å²) in [4.78, 5) is 0. The monoisotopic (exact) mass is 289 g/mol. The third kappa shape index (κ3) is 3.88. The first-order valence-electron chi connectivity index (χ1n) is 7.42. The molecule has 21 heavy (non-hydrogen) atoms. The minimum Gasteiger partial charge on any atom is -0.306 e. The highest BCUT2D eigenvalue weighted by Gasteiger charge is 2.17. The molecule has 2 aromatic carbocycles. The molecule has 0 aliphatic rings. The Hall–Kier alpha value is -1.74. The van der Waals surface area contributed by atoms with Crippen LogP contribution in [0.1, 0.15) is 43.0 Å². The van der Waals surface area contributed by atoms with E-state index in [-0.39, 0.29) is 11.9 Å². The van der Waals surface area contributed by atoms with E-state index in [0.717, 1.165) is 24.5 Å². The first-order chi connectivity index (χ1) is 10.2. The number of rotatable bonds is 6. The molecule has 1 N–H and O–H groups in total. The zero-order chi connectivity index (χ0) is 15.2. The maximum absolute atomic E-state index is 14.0. The average molecular weight is 289 g/mol. The number of nitrogens with one attached hydrogen (secondary N) is 1. The standard InChI is InChI=1S/C18H21F2N/c1-3-5-13-6-8-14(9-7-13)18(21-4-2)16-12-15(19)10-11-17(16)20/h6-12,18,21H,3-5H2,1-2H3. The molecule has 0 aliphatic heterocycles. The highest BCUT2D eigenvalue weighted by molar-refractivity contribution is 5.34. The van der Waals surface area contributed by atoms with Crippen LogP contribution in [0.4, 0.5) is 8.78 Å². The molecule has 2 aromatic rings. The van der Waals surface area contributed by atoms with Gasteiger partial charge >= 0.3 is 0 Å². The van der Waals surface area contributed by atoms with Crippen molar-refractivity contribution in [1.29, 1.82) is 0 Å². The molecule has 1 unspecified atom stereocenters. The van der Waals surface area contributed by atoms with Gasteiger partial charge < -0.3 is 5.32 Å². The van der Waals surface area contributed by atoms with Crippen LogP contribution in [0.2, 0.25) is 0 Å². The molecule has 0 saturated carbocycles. The van der Waals surface area contributed by atoms with E-state index in [9.17, 15) is 8.78 Å². The van der Waals surface area contributed by atoms with Gasteiger partial charge in [0.2, 0.25) is 0 Å². The van der Waals surface area contributed by atoms with Crippen molar-refractivity contribution in [2.75, 3.05) is 6.54 Å². The molecule has 0 aliphatic carbocycles. The number of benzene rings is 2. The van der Waals surface area contributed by atoms with Crippen molar-refractivity contribution in [2.24, 2.45) is 0 Å². The fraction of sp³-hybridized carbons (Fsp3) is 0.333. The van der Waals surface area contributed by atoms with Crippen molar-refractivity contribution in [2.45, 2.75) is 32.7 Å². The third-order valence-corrected chi connectivity index (χ3v) is 3.53. The minimum atomic E-state index is -0.420. The van der Waals surface area contributed by atoms with E-state index in [0.29, 0.717) is 12.1 Å². The quantitative estimate of drug-likeness (QED) is 0.818. The van der Waals surface area contributed by atoms with Gasteiger partial charge in [-0.2, -0.15) is 0 Å². The lowest BCUT2D eigenvalue weighted by Crippen LogP contribution is -2.23. The van der Waals surface area contributed by atoms with Gasteiger partial charge in [-0.3, -0.25) is 0 Å². The Morgan fingerprint density at radius 3 is 2.33 bits per heavy atom. The SMILES string of the molecule is CCCc1ccc(C(NCC)c2cc(F)ccc2F)cc1. The van der Waals surface area contributed by atoms with Crippen molar-refractivity contribution in [3.05, 3.63) is 70.8 Å². The first-order valence-corrected chi connectivity index (χ1v) is 7.42. The van der Waals surface area contributed by atoms with Crippen molar-refractivity contribution in [3.8, 4) is 0 Å². The summed E-state index contributed by atoms with van der Waals surface area (Å²) in [5.41, 5.74) is 2.55. The fourth-order valence-corrected chi connectivity index (χ4v) is 2.51. The molecule has 3 heteroatoms. The Morgan fingerprint density at radius 2 is 1.71 bits per heavy atom. The van der Waals surface area contributed by atoms with E-state index in [1.54, 1.807) is 0 Å². The summed E-state index contributed by atoms with van der Waals surface area (Å²) in [5, 5.41) is 3.23. The highest BCUT2D eigenvalue weighted by Crippen LogP contribution is 2.25. The van der Waals surface area contributed by atoms with E-state index in [2.05, 4.69) is 24.4 Å². The predicted octanol–water partition coefficient (Wildman–Crippen LogP) is 4.62. The molecular weight excluding hydrogens is 268 g/mol. The number of halogens is 2. The van der Waals surface area contributed by atoms with Gasteiger partial charge in [0.05, 0.1) is 6.04 Å². The molecule has 0 fully saturated rings. The maximum Gasteiger partial charge on any atom is 0.128 e. The minimum absolute atomic E-state index is 0.332. The summed E-state index contributed by atoms with van der Waals surface area (Å²) in [6, 6.07) is 11.3. The average Bonchev–Trinajstić information content (AvgIpc) is 2.49. The normalized spacial score (nSPS) is 12.4. The van der Waals surface area contributed by atoms with Gasteiger partial charge in [0.25, 0.3) is 0 Å². The first kappa shape index (κ1) is 15.6. The van der Waals surface area contributed by atoms with Crippen LogP contribution >= 0.6 is 0 Å². The van der Waals surface area contributed by atoms with Crippen molar-refractivity contribution < 1.29 is 8.78 Å². The number of hydrogen-bond acceptors (Lipinski definition) is 1. The molecule has 0 amide bonds. The van der Waals surface area contributed by atoms with Crippen LogP contribution in [0.25, 0.3) is 0 Å². The predicted molar refractivity (Wildman–Crippen MR) is 82.3 cm³/mol. The number of hydrogen-bond donors (Lipinski definition) is 1. The summed E-state index contributed by atoms with van der Waals surface area (Å²) < 4.78 is 27.5. The third-order valence-electron chi connectivity index (χ3n) is 3.53. The van der Waals surface area contributed by atoms with E-state index in [1.165, 1.54) is 17.7 Å². The van der Waals surface area contributed by atoms with Gasteiger partial charge in [-0.05, 0) is 42.3 Å². The summed E-state index contributed by atoms with van der Waals surface area (Å²) in [6.45, 7) is 4.77. The Bertz CT molecular complexity index is 578. The Balaban J connectivity index is 2.35. The second kappa shape index (κ2) is 7.32. The topological polar surface area (TPSA) is 12.0 Å². The van der Waals surface area contributed by atoms with Crippen LogP contribution in [0.15, 0.2) is 42.5 Å². The van der Waals surface area contributed by atoms with Crippen LogP contribution in [-0.2, 0) is 6.42 Å². The van der Waals surface area contributed by atoms with Crippen molar-refractivity contribution >= 4 is 0 Å². The summed E-state index contributed by atoms with van der Waals surface area (Å²) in [6.07, 6.45) is 2.12. The molecule has 0 aromatic heterocycles. The van der Waals surface area contributed by atoms with E-state index in [4.69, 9.17) is 0 Å². The Kier molecular flexibility index (Phi) is 5.45. The van der Waals surface area contributed by atoms with Gasteiger partial charge in [0.1, 0.15) is 11.6 Å². The zero-order valence-electron chi connectivity index (χ0n) is 12.5. The molecule has 112 valence electrons. The van der Waals surface area contributed by atoms with Crippen molar-refractivity contribution in [1.82, 2.24) is 5.32 Å². The van der Waals surface area contributed by atoms with Crippen LogP contribution in [0.3, 0.4) is 0 Å². The molecule has 0 heterocycles. The molecule has 0 bridgehead atoms. The molecule has 0 saturated heterocycles. The molecule has 0 radical (unpaired) electrons. The smallest absolute Gasteiger partial charge is 0.128 e. The fourth-order valence-electron chi connectivity index (χ4n) is 2.51. The second-order valence-corrected chi connectivity index (χ2v) is 5.15. The van der Waals surface area contributed by atoms with E-state index in [1.807, 2.05) is 19.1 Å². The highest BCUT2D eigenvalue weighted by atomic mass is 19.1. The van der Waals surface area contributed by atoms with Crippen molar-refractivity contribution in [3.63, 3.8) is 0 Å². The summed E-state index contributed by atoms with van der Waals surface area (Å²) in [5.74, 6) is -0.808. The summed E-state index contributed by atoms with van der Waals surface area (Å²) >= 11 is 0. The Morgan fingerprint density at radius 1 is 1.00 bits per heavy atom. The number of aryl methyl sites for hydroxylation is 1. The van der Waals surface area contributed by atoms with Crippen LogP contribution in [0.5, 0.6) is 0 Å². The molecule has 1 nitrogen and oxygen atoms in total. The molecule has 0 spiro atoms. The van der Waals surface area contributed by atoms with Crippen LogP contribution in [-0.4, -0.2) is 6.54 Å². The zero-order valence-corrected chi connectivity index (χ0v) is 12.5. The lowest BCUT2D eigenvalue weighted by molar-refractivity contribution is 0.545. The van der Waals surface area contributed by atoms with Crippen LogP contribution in [0, 0.1) is 11.6 Å². The summed E-state index contributed by atoms with van der Waals surface area (Å²) in [7, 11) is 0. The van der Waals surface area contributed by atoms with Gasteiger partial charge in [-0.1, -0.05) is 44.5 Å². The lowest BCUT2D eigenvalue weighted by Gasteiger charge is -2.20. The van der Waals surface area contributed by atoms with E-state index >= 15 is 0 Å². The van der Waals surface area contributed by atoms with Crippen LogP contribution < -0.4 is 5.32 Å². The molecule has 1 atom stereocenters. The maximum atomic E-state index is 14.0. The van der Waals surface area contributed by atoms with Gasteiger partial charge in [0.15, 0.2) is 0 Å². The largest absolute Gasteiger partial charge is 0.306 e. The molecule has 2 rings (SSSR count). The van der Waals surface area contributed by atoms with Gasteiger partial charge in [-0.25, -0.2) is 8.78 Å². The Labute approximate surface area is 125 Å². The second-order valence-electron chi connectivity index (χ2n) is 5.15. The lowest BCUT2D eigenvalue weighted by atomic mass is 9.96.